The van der Waals surface area contributed by atoms with E-state index in [1.54, 1.807) is 11.4 Å². The fraction of sp³-hybridized carbons (Fsp3) is 0.333. The molecule has 0 radical (unpaired) electrons. The lowest BCUT2D eigenvalue weighted by atomic mass is 9.99. The van der Waals surface area contributed by atoms with Gasteiger partial charge in [0.05, 0.1) is 0 Å². The molecule has 0 saturated heterocycles. The highest BCUT2D eigenvalue weighted by molar-refractivity contribution is 7.52. The Morgan fingerprint density at radius 2 is 1.86 bits per heavy atom. The summed E-state index contributed by atoms with van der Waals surface area (Å²) in [5, 5.41) is 6.51. The molecule has 1 aromatic heterocycles. The molecular weight excluding hydrogens is 305 g/mol. The molecule has 2 aromatic rings. The van der Waals surface area contributed by atoms with E-state index >= 15 is 0 Å². The number of hydrogen-bond donors (Lipinski definition) is 3. The first-order valence-electron chi connectivity index (χ1n) is 6.85. The summed E-state index contributed by atoms with van der Waals surface area (Å²) in [5.74, 6) is -0.522. The van der Waals surface area contributed by atoms with Crippen LogP contribution in [0.3, 0.4) is 0 Å². The second kappa shape index (κ2) is 6.75. The van der Waals surface area contributed by atoms with Crippen LogP contribution in [0.15, 0.2) is 41.1 Å². The molecule has 2 atom stereocenters. The second-order valence-electron chi connectivity index (χ2n) is 5.12. The minimum atomic E-state index is -4.27. The van der Waals surface area contributed by atoms with E-state index in [0.717, 1.165) is 6.42 Å². The lowest BCUT2D eigenvalue weighted by molar-refractivity contribution is 0.363. The molecule has 0 fully saturated rings. The molecule has 1 aromatic carbocycles. The van der Waals surface area contributed by atoms with Crippen LogP contribution in [0.5, 0.6) is 0 Å². The maximum absolute atomic E-state index is 11.7. The molecule has 114 valence electrons. The first-order chi connectivity index (χ1) is 9.91. The first-order valence-corrected chi connectivity index (χ1v) is 9.48. The van der Waals surface area contributed by atoms with Gasteiger partial charge in [0.2, 0.25) is 0 Å². The number of benzene rings is 1. The van der Waals surface area contributed by atoms with Gasteiger partial charge in [-0.3, -0.25) is 4.57 Å². The number of nitrogens with one attached hydrogen (secondary N) is 1. The summed E-state index contributed by atoms with van der Waals surface area (Å²) in [6.45, 7) is 4.30. The Bertz CT molecular complexity index is 606. The van der Waals surface area contributed by atoms with E-state index in [1.165, 1.54) is 16.9 Å². The minimum Gasteiger partial charge on any atom is -0.368 e. The van der Waals surface area contributed by atoms with Gasteiger partial charge in [-0.05, 0) is 52.4 Å². The largest absolute Gasteiger partial charge is 0.368 e. The van der Waals surface area contributed by atoms with Crippen molar-refractivity contribution in [3.63, 3.8) is 0 Å². The SMILES string of the molecule is CCC(C)c1ccc(NC(c2ccsc2)P(=O)(O)O)cc1. The first kappa shape index (κ1) is 16.2. The maximum Gasteiger partial charge on any atom is 0.352 e. The van der Waals surface area contributed by atoms with Crippen LogP contribution < -0.4 is 5.32 Å². The second-order valence-corrected chi connectivity index (χ2v) is 7.60. The fourth-order valence-electron chi connectivity index (χ4n) is 2.09. The number of hydrogen-bond acceptors (Lipinski definition) is 3. The fourth-order valence-corrected chi connectivity index (χ4v) is 3.75. The Morgan fingerprint density at radius 3 is 2.33 bits per heavy atom. The van der Waals surface area contributed by atoms with Gasteiger partial charge in [-0.25, -0.2) is 0 Å². The molecule has 0 aliphatic heterocycles. The van der Waals surface area contributed by atoms with Gasteiger partial charge in [-0.1, -0.05) is 26.0 Å². The van der Waals surface area contributed by atoms with Crippen LogP contribution in [-0.4, -0.2) is 9.79 Å². The average Bonchev–Trinajstić information content (AvgIpc) is 2.97. The van der Waals surface area contributed by atoms with Crippen molar-refractivity contribution >= 4 is 24.6 Å². The highest BCUT2D eigenvalue weighted by Gasteiger charge is 2.30. The van der Waals surface area contributed by atoms with E-state index in [0.29, 0.717) is 17.2 Å². The number of rotatable bonds is 6. The quantitative estimate of drug-likeness (QED) is 0.682. The summed E-state index contributed by atoms with van der Waals surface area (Å²) in [4.78, 5) is 19.1. The topological polar surface area (TPSA) is 69.6 Å². The summed E-state index contributed by atoms with van der Waals surface area (Å²) in [5.41, 5.74) is 2.55. The molecule has 0 amide bonds. The Hall–Kier alpha value is -1.13. The highest BCUT2D eigenvalue weighted by atomic mass is 32.1. The molecule has 1 heterocycles. The third-order valence-corrected chi connectivity index (χ3v) is 5.39. The average molecular weight is 325 g/mol. The molecule has 0 aliphatic carbocycles. The lowest BCUT2D eigenvalue weighted by Crippen LogP contribution is -2.10. The van der Waals surface area contributed by atoms with Crippen molar-refractivity contribution in [3.05, 3.63) is 52.2 Å². The third kappa shape index (κ3) is 4.17. The Morgan fingerprint density at radius 1 is 1.19 bits per heavy atom. The van der Waals surface area contributed by atoms with Gasteiger partial charge in [0.25, 0.3) is 0 Å². The van der Waals surface area contributed by atoms with E-state index in [2.05, 4.69) is 19.2 Å². The molecule has 0 saturated carbocycles. The predicted molar refractivity (Wildman–Crippen MR) is 87.9 cm³/mol. The third-order valence-electron chi connectivity index (χ3n) is 3.59. The Labute approximate surface area is 129 Å². The normalized spacial score (nSPS) is 14.7. The summed E-state index contributed by atoms with van der Waals surface area (Å²) in [6, 6.07) is 9.48. The van der Waals surface area contributed by atoms with E-state index in [1.807, 2.05) is 29.6 Å². The number of anilines is 1. The molecule has 2 unspecified atom stereocenters. The van der Waals surface area contributed by atoms with Gasteiger partial charge < -0.3 is 15.1 Å². The molecule has 0 spiro atoms. The van der Waals surface area contributed by atoms with Gasteiger partial charge in [-0.2, -0.15) is 11.3 Å². The van der Waals surface area contributed by atoms with Crippen molar-refractivity contribution in [1.82, 2.24) is 0 Å². The maximum atomic E-state index is 11.7. The molecule has 21 heavy (non-hydrogen) atoms. The van der Waals surface area contributed by atoms with Crippen LogP contribution in [0.25, 0.3) is 0 Å². The Balaban J connectivity index is 2.20. The minimum absolute atomic E-state index is 0.480. The van der Waals surface area contributed by atoms with Crippen molar-refractivity contribution in [2.75, 3.05) is 5.32 Å². The van der Waals surface area contributed by atoms with Gasteiger partial charge >= 0.3 is 7.60 Å². The molecular formula is C15H20NO3PS. The van der Waals surface area contributed by atoms with Crippen molar-refractivity contribution in [1.29, 1.82) is 0 Å². The van der Waals surface area contributed by atoms with Crippen LogP contribution in [-0.2, 0) is 4.57 Å². The molecule has 4 nitrogen and oxygen atoms in total. The van der Waals surface area contributed by atoms with E-state index in [-0.39, 0.29) is 0 Å². The molecule has 3 N–H and O–H groups in total. The molecule has 2 rings (SSSR count). The van der Waals surface area contributed by atoms with Crippen molar-refractivity contribution in [3.8, 4) is 0 Å². The predicted octanol–water partition coefficient (Wildman–Crippen LogP) is 4.55. The van der Waals surface area contributed by atoms with Crippen LogP contribution in [0.2, 0.25) is 0 Å². The summed E-state index contributed by atoms with van der Waals surface area (Å²) < 4.78 is 11.7. The lowest BCUT2D eigenvalue weighted by Gasteiger charge is -2.20. The summed E-state index contributed by atoms with van der Waals surface area (Å²) >= 11 is 1.42. The van der Waals surface area contributed by atoms with E-state index < -0.39 is 13.4 Å². The number of thiophene rings is 1. The van der Waals surface area contributed by atoms with Gasteiger partial charge in [0.15, 0.2) is 5.78 Å². The van der Waals surface area contributed by atoms with E-state index in [9.17, 15) is 14.4 Å². The van der Waals surface area contributed by atoms with E-state index in [4.69, 9.17) is 0 Å². The zero-order valence-electron chi connectivity index (χ0n) is 12.1. The van der Waals surface area contributed by atoms with Crippen LogP contribution >= 0.6 is 18.9 Å². The van der Waals surface area contributed by atoms with Gasteiger partial charge in [0.1, 0.15) is 0 Å². The monoisotopic (exact) mass is 325 g/mol. The van der Waals surface area contributed by atoms with Crippen molar-refractivity contribution in [2.24, 2.45) is 0 Å². The molecule has 0 aliphatic rings. The van der Waals surface area contributed by atoms with Crippen LogP contribution in [0, 0.1) is 0 Å². The summed E-state index contributed by atoms with van der Waals surface area (Å²) in [7, 11) is -4.27. The zero-order chi connectivity index (χ0) is 15.5. The molecule has 0 bridgehead atoms. The molecule has 6 heteroatoms. The smallest absolute Gasteiger partial charge is 0.352 e. The van der Waals surface area contributed by atoms with Gasteiger partial charge in [-0.15, -0.1) is 0 Å². The van der Waals surface area contributed by atoms with Gasteiger partial charge in [0, 0.05) is 5.69 Å². The summed E-state index contributed by atoms with van der Waals surface area (Å²) in [6.07, 6.45) is 1.06. The van der Waals surface area contributed by atoms with Crippen LogP contribution in [0.4, 0.5) is 5.69 Å². The standard InChI is InChI=1S/C15H20NO3PS/c1-3-11(2)12-4-6-14(7-5-12)16-15(20(17,18)19)13-8-9-21-10-13/h4-11,15-16H,3H2,1-2H3,(H2,17,18,19). The van der Waals surface area contributed by atoms with Crippen molar-refractivity contribution in [2.45, 2.75) is 32.0 Å². The Kier molecular flexibility index (Phi) is 5.22. The van der Waals surface area contributed by atoms with Crippen molar-refractivity contribution < 1.29 is 14.4 Å². The zero-order valence-corrected chi connectivity index (χ0v) is 13.8. The highest BCUT2D eigenvalue weighted by Crippen LogP contribution is 2.52. The van der Waals surface area contributed by atoms with Crippen LogP contribution in [0.1, 0.15) is 43.1 Å².